The highest BCUT2D eigenvalue weighted by Gasteiger charge is 2.27. The normalized spacial score (nSPS) is 15.6. The number of benzene rings is 2. The fourth-order valence-corrected chi connectivity index (χ4v) is 3.95. The van der Waals surface area contributed by atoms with Gasteiger partial charge >= 0.3 is 11.9 Å². The van der Waals surface area contributed by atoms with Gasteiger partial charge in [0.2, 0.25) is 5.75 Å². The predicted molar refractivity (Wildman–Crippen MR) is 108 cm³/mol. The van der Waals surface area contributed by atoms with E-state index in [1.54, 1.807) is 25.1 Å². The van der Waals surface area contributed by atoms with Crippen LogP contribution in [0.2, 0.25) is 0 Å². The monoisotopic (exact) mass is 412 g/mol. The van der Waals surface area contributed by atoms with Crippen LogP contribution in [0.3, 0.4) is 0 Å². The third kappa shape index (κ3) is 3.92. The lowest BCUT2D eigenvalue weighted by molar-refractivity contribution is -0.151. The molecule has 1 fully saturated rings. The topological polar surface area (TPSA) is 91.3 Å². The number of aromatic hydroxyl groups is 1. The molecule has 4 rings (SSSR count). The van der Waals surface area contributed by atoms with E-state index in [1.165, 1.54) is 6.07 Å². The lowest BCUT2D eigenvalue weighted by Gasteiger charge is -2.18. The summed E-state index contributed by atoms with van der Waals surface area (Å²) in [5.74, 6) is -0.562. The summed E-state index contributed by atoms with van der Waals surface area (Å²) in [5.41, 5.74) is 2.54. The van der Waals surface area contributed by atoms with Crippen LogP contribution >= 0.6 is 0 Å². The fraction of sp³-hybridized carbons (Fsp3) is 0.391. The van der Waals surface area contributed by atoms with Crippen LogP contribution in [-0.2, 0) is 20.9 Å². The molecule has 0 spiro atoms. The third-order valence-electron chi connectivity index (χ3n) is 5.35. The van der Waals surface area contributed by atoms with E-state index in [2.05, 4.69) is 0 Å². The van der Waals surface area contributed by atoms with Gasteiger partial charge in [0.25, 0.3) is 0 Å². The first kappa shape index (κ1) is 20.1. The Hall–Kier alpha value is -3.22. The van der Waals surface area contributed by atoms with Crippen molar-refractivity contribution in [2.45, 2.75) is 45.3 Å². The SMILES string of the molecule is CCOc1c(O)ccc(-c2cccc3c2COC3=O)c1OCC(=O)OC1CCCC1. The quantitative estimate of drug-likeness (QED) is 0.688. The second-order valence-electron chi connectivity index (χ2n) is 7.32. The molecule has 0 atom stereocenters. The smallest absolute Gasteiger partial charge is 0.344 e. The van der Waals surface area contributed by atoms with Gasteiger partial charge in [-0.15, -0.1) is 0 Å². The number of carbonyl (C=O) groups is 2. The maximum absolute atomic E-state index is 12.3. The second-order valence-corrected chi connectivity index (χ2v) is 7.32. The number of hydrogen-bond acceptors (Lipinski definition) is 7. The zero-order chi connectivity index (χ0) is 21.1. The minimum atomic E-state index is -0.463. The molecule has 158 valence electrons. The average Bonchev–Trinajstić information content (AvgIpc) is 3.38. The van der Waals surface area contributed by atoms with Gasteiger partial charge in [-0.3, -0.25) is 0 Å². The first-order chi connectivity index (χ1) is 14.6. The maximum atomic E-state index is 12.3. The number of rotatable bonds is 7. The van der Waals surface area contributed by atoms with Crippen molar-refractivity contribution in [3.05, 3.63) is 41.5 Å². The summed E-state index contributed by atoms with van der Waals surface area (Å²) in [6, 6.07) is 8.48. The van der Waals surface area contributed by atoms with Gasteiger partial charge in [-0.2, -0.15) is 0 Å². The first-order valence-corrected chi connectivity index (χ1v) is 10.2. The predicted octanol–water partition coefficient (Wildman–Crippen LogP) is 3.99. The van der Waals surface area contributed by atoms with Gasteiger partial charge in [-0.1, -0.05) is 12.1 Å². The van der Waals surface area contributed by atoms with Crippen molar-refractivity contribution >= 4 is 11.9 Å². The summed E-state index contributed by atoms with van der Waals surface area (Å²) in [6.07, 6.45) is 3.81. The lowest BCUT2D eigenvalue weighted by atomic mass is 9.96. The van der Waals surface area contributed by atoms with Crippen LogP contribution in [-0.4, -0.2) is 36.4 Å². The standard InChI is InChI=1S/C23H24O7/c1-2-27-22-19(24)11-10-16(15-8-5-9-17-18(15)12-29-23(17)26)21(22)28-13-20(25)30-14-6-3-4-7-14/h5,8-11,14,24H,2-4,6-7,12-13H2,1H3. The first-order valence-electron chi connectivity index (χ1n) is 10.2. The molecule has 1 aliphatic heterocycles. The highest BCUT2D eigenvalue weighted by atomic mass is 16.6. The van der Waals surface area contributed by atoms with Gasteiger partial charge in [0.1, 0.15) is 12.7 Å². The summed E-state index contributed by atoms with van der Waals surface area (Å²) in [6.45, 7) is 1.93. The van der Waals surface area contributed by atoms with E-state index in [1.807, 2.05) is 6.07 Å². The van der Waals surface area contributed by atoms with Crippen molar-refractivity contribution in [2.75, 3.05) is 13.2 Å². The molecular weight excluding hydrogens is 388 g/mol. The molecule has 2 aliphatic rings. The Bertz CT molecular complexity index is 960. The van der Waals surface area contributed by atoms with Crippen molar-refractivity contribution in [2.24, 2.45) is 0 Å². The Morgan fingerprint density at radius 2 is 1.83 bits per heavy atom. The molecular formula is C23H24O7. The van der Waals surface area contributed by atoms with Crippen molar-refractivity contribution in [1.82, 2.24) is 0 Å². The Morgan fingerprint density at radius 1 is 1.07 bits per heavy atom. The lowest BCUT2D eigenvalue weighted by Crippen LogP contribution is -2.21. The van der Waals surface area contributed by atoms with E-state index in [9.17, 15) is 14.7 Å². The number of fused-ring (bicyclic) bond motifs is 1. The van der Waals surface area contributed by atoms with Crippen LogP contribution in [0.25, 0.3) is 11.1 Å². The van der Waals surface area contributed by atoms with Crippen molar-refractivity contribution in [3.8, 4) is 28.4 Å². The van der Waals surface area contributed by atoms with Crippen LogP contribution < -0.4 is 9.47 Å². The summed E-state index contributed by atoms with van der Waals surface area (Å²) < 4.78 is 22.1. The Balaban J connectivity index is 1.67. The van der Waals surface area contributed by atoms with E-state index in [0.717, 1.165) is 36.8 Å². The van der Waals surface area contributed by atoms with E-state index >= 15 is 0 Å². The average molecular weight is 412 g/mol. The molecule has 1 aliphatic carbocycles. The highest BCUT2D eigenvalue weighted by molar-refractivity contribution is 5.96. The fourth-order valence-electron chi connectivity index (χ4n) is 3.95. The van der Waals surface area contributed by atoms with E-state index in [-0.39, 0.29) is 42.5 Å². The number of esters is 2. The Morgan fingerprint density at radius 3 is 2.60 bits per heavy atom. The number of hydrogen-bond donors (Lipinski definition) is 1. The molecule has 0 amide bonds. The van der Waals surface area contributed by atoms with Gasteiger partial charge in [0, 0.05) is 11.1 Å². The number of phenolic OH excluding ortho intramolecular Hbond substituents is 1. The van der Waals surface area contributed by atoms with Gasteiger partial charge in [0.05, 0.1) is 12.2 Å². The van der Waals surface area contributed by atoms with Crippen LogP contribution in [0, 0.1) is 0 Å². The Kier molecular flexibility index (Phi) is 5.79. The molecule has 1 saturated carbocycles. The maximum Gasteiger partial charge on any atom is 0.344 e. The Labute approximate surface area is 174 Å². The summed E-state index contributed by atoms with van der Waals surface area (Å²) >= 11 is 0. The van der Waals surface area contributed by atoms with Crippen LogP contribution in [0.5, 0.6) is 17.2 Å². The van der Waals surface area contributed by atoms with Crippen molar-refractivity contribution in [1.29, 1.82) is 0 Å². The zero-order valence-corrected chi connectivity index (χ0v) is 16.8. The van der Waals surface area contributed by atoms with Crippen LogP contribution in [0.15, 0.2) is 30.3 Å². The second kappa shape index (κ2) is 8.65. The van der Waals surface area contributed by atoms with Crippen molar-refractivity contribution < 1.29 is 33.6 Å². The minimum Gasteiger partial charge on any atom is -0.504 e. The number of ether oxygens (including phenoxy) is 4. The minimum absolute atomic E-state index is 0.0586. The number of carbonyl (C=O) groups excluding carboxylic acids is 2. The summed E-state index contributed by atoms with van der Waals surface area (Å²) in [7, 11) is 0. The molecule has 0 radical (unpaired) electrons. The molecule has 2 aromatic carbocycles. The molecule has 30 heavy (non-hydrogen) atoms. The summed E-state index contributed by atoms with van der Waals surface area (Å²) in [5, 5.41) is 10.3. The van der Waals surface area contributed by atoms with Gasteiger partial charge in [-0.05, 0) is 56.4 Å². The van der Waals surface area contributed by atoms with E-state index in [0.29, 0.717) is 17.7 Å². The van der Waals surface area contributed by atoms with Crippen LogP contribution in [0.1, 0.15) is 48.5 Å². The number of phenols is 1. The largest absolute Gasteiger partial charge is 0.504 e. The molecule has 1 N–H and O–H groups in total. The molecule has 0 bridgehead atoms. The highest BCUT2D eigenvalue weighted by Crippen LogP contribution is 2.46. The molecule has 7 heteroatoms. The summed E-state index contributed by atoms with van der Waals surface area (Å²) in [4.78, 5) is 24.2. The molecule has 0 saturated heterocycles. The molecule has 0 unspecified atom stereocenters. The molecule has 7 nitrogen and oxygen atoms in total. The van der Waals surface area contributed by atoms with E-state index < -0.39 is 5.97 Å². The van der Waals surface area contributed by atoms with Gasteiger partial charge < -0.3 is 24.1 Å². The van der Waals surface area contributed by atoms with Crippen molar-refractivity contribution in [3.63, 3.8) is 0 Å². The van der Waals surface area contributed by atoms with E-state index in [4.69, 9.17) is 18.9 Å². The number of cyclic esters (lactones) is 1. The van der Waals surface area contributed by atoms with Crippen LogP contribution in [0.4, 0.5) is 0 Å². The molecule has 1 heterocycles. The molecule has 0 aromatic heterocycles. The van der Waals surface area contributed by atoms with Gasteiger partial charge in [-0.25, -0.2) is 9.59 Å². The van der Waals surface area contributed by atoms with Gasteiger partial charge in [0.15, 0.2) is 18.1 Å². The third-order valence-corrected chi connectivity index (χ3v) is 5.35. The zero-order valence-electron chi connectivity index (χ0n) is 16.8. The molecule has 2 aromatic rings.